The summed E-state index contributed by atoms with van der Waals surface area (Å²) >= 11 is 12.0. The number of hydrogen-bond donors (Lipinski definition) is 2. The Bertz CT molecular complexity index is 517. The Kier molecular flexibility index (Phi) is 5.46. The smallest absolute Gasteiger partial charge is 0.244 e. The molecule has 0 spiro atoms. The van der Waals surface area contributed by atoms with Crippen molar-refractivity contribution in [2.24, 2.45) is 5.92 Å². The van der Waals surface area contributed by atoms with Gasteiger partial charge in [-0.05, 0) is 30.5 Å². The molecule has 1 aromatic carbocycles. The number of halogens is 2. The second-order valence-electron chi connectivity index (χ2n) is 4.97. The first-order valence-corrected chi connectivity index (χ1v) is 7.41. The fourth-order valence-corrected chi connectivity index (χ4v) is 2.86. The van der Waals surface area contributed by atoms with Gasteiger partial charge in [0.1, 0.15) is 0 Å². The van der Waals surface area contributed by atoms with Crippen LogP contribution in [-0.4, -0.2) is 23.7 Å². The Morgan fingerprint density at radius 1 is 1.40 bits per heavy atom. The molecule has 2 rings (SSSR count). The van der Waals surface area contributed by atoms with Gasteiger partial charge in [0.25, 0.3) is 0 Å². The van der Waals surface area contributed by atoms with Crippen LogP contribution in [0.15, 0.2) is 24.3 Å². The molecule has 2 N–H and O–H groups in total. The monoisotopic (exact) mass is 313 g/mol. The van der Waals surface area contributed by atoms with Gasteiger partial charge in [0.2, 0.25) is 5.91 Å². The molecule has 108 valence electrons. The molecule has 1 aliphatic carbocycles. The molecule has 0 heterocycles. The lowest BCUT2D eigenvalue weighted by atomic mass is 10.1. The van der Waals surface area contributed by atoms with Crippen LogP contribution in [0.25, 0.3) is 6.08 Å². The van der Waals surface area contributed by atoms with Crippen molar-refractivity contribution in [1.29, 1.82) is 0 Å². The van der Waals surface area contributed by atoms with Crippen LogP contribution in [0.3, 0.4) is 0 Å². The van der Waals surface area contributed by atoms with Gasteiger partial charge in [0.05, 0.1) is 10.0 Å². The van der Waals surface area contributed by atoms with Gasteiger partial charge in [0, 0.05) is 24.6 Å². The van der Waals surface area contributed by atoms with Crippen LogP contribution in [-0.2, 0) is 4.79 Å². The SMILES string of the molecule is O=C(/C=C/c1cccc(Cl)c1Cl)NC1CCCC1CO. The average molecular weight is 314 g/mol. The molecular formula is C15H17Cl2NO2. The number of carbonyl (C=O) groups excluding carboxylic acids is 1. The standard InChI is InChI=1S/C15H17Cl2NO2/c16-12-5-1-3-10(15(12)17)7-8-14(20)18-13-6-2-4-11(13)9-19/h1,3,5,7-8,11,13,19H,2,4,6,9H2,(H,18,20)/b8-7+. The minimum absolute atomic E-state index is 0.0620. The van der Waals surface area contributed by atoms with Gasteiger partial charge in [0.15, 0.2) is 0 Å². The summed E-state index contributed by atoms with van der Waals surface area (Å²) in [6.45, 7) is 0.120. The summed E-state index contributed by atoms with van der Waals surface area (Å²) in [6, 6.07) is 5.34. The molecule has 1 fully saturated rings. The van der Waals surface area contributed by atoms with E-state index in [1.807, 2.05) is 0 Å². The molecule has 0 bridgehead atoms. The summed E-state index contributed by atoms with van der Waals surface area (Å²) in [4.78, 5) is 11.9. The highest BCUT2D eigenvalue weighted by Crippen LogP contribution is 2.27. The van der Waals surface area contributed by atoms with Crippen molar-refractivity contribution in [2.75, 3.05) is 6.61 Å². The highest BCUT2D eigenvalue weighted by molar-refractivity contribution is 6.42. The van der Waals surface area contributed by atoms with Crippen molar-refractivity contribution in [3.8, 4) is 0 Å². The number of carbonyl (C=O) groups is 1. The fraction of sp³-hybridized carbons (Fsp3) is 0.400. The Balaban J connectivity index is 1.97. The first kappa shape index (κ1) is 15.4. The third-order valence-electron chi connectivity index (χ3n) is 3.62. The molecular weight excluding hydrogens is 297 g/mol. The van der Waals surface area contributed by atoms with E-state index in [4.69, 9.17) is 23.2 Å². The summed E-state index contributed by atoms with van der Waals surface area (Å²) < 4.78 is 0. The lowest BCUT2D eigenvalue weighted by Gasteiger charge is -2.17. The number of rotatable bonds is 4. The fourth-order valence-electron chi connectivity index (χ4n) is 2.49. The van der Waals surface area contributed by atoms with Crippen LogP contribution in [0.4, 0.5) is 0 Å². The number of nitrogens with one attached hydrogen (secondary N) is 1. The molecule has 20 heavy (non-hydrogen) atoms. The molecule has 0 aromatic heterocycles. The minimum Gasteiger partial charge on any atom is -0.396 e. The first-order chi connectivity index (χ1) is 9.61. The van der Waals surface area contributed by atoms with Gasteiger partial charge in [-0.2, -0.15) is 0 Å². The van der Waals surface area contributed by atoms with Crippen LogP contribution in [0, 0.1) is 5.92 Å². The number of amides is 1. The first-order valence-electron chi connectivity index (χ1n) is 6.65. The van der Waals surface area contributed by atoms with Gasteiger partial charge >= 0.3 is 0 Å². The lowest BCUT2D eigenvalue weighted by Crippen LogP contribution is -2.37. The zero-order chi connectivity index (χ0) is 14.5. The van der Waals surface area contributed by atoms with Crippen LogP contribution in [0.2, 0.25) is 10.0 Å². The summed E-state index contributed by atoms with van der Waals surface area (Å²) in [5.74, 6) is -0.00602. The minimum atomic E-state index is -0.175. The van der Waals surface area contributed by atoms with Gasteiger partial charge in [-0.25, -0.2) is 0 Å². The van der Waals surface area contributed by atoms with Gasteiger partial charge < -0.3 is 10.4 Å². The van der Waals surface area contributed by atoms with Crippen molar-refractivity contribution in [3.63, 3.8) is 0 Å². The third kappa shape index (κ3) is 3.75. The quantitative estimate of drug-likeness (QED) is 0.838. The number of hydrogen-bond acceptors (Lipinski definition) is 2. The van der Waals surface area contributed by atoms with E-state index in [-0.39, 0.29) is 24.5 Å². The summed E-state index contributed by atoms with van der Waals surface area (Å²) in [5.41, 5.74) is 0.708. The van der Waals surface area contributed by atoms with Crippen LogP contribution in [0.1, 0.15) is 24.8 Å². The zero-order valence-corrected chi connectivity index (χ0v) is 12.5. The Morgan fingerprint density at radius 3 is 2.95 bits per heavy atom. The van der Waals surface area contributed by atoms with E-state index < -0.39 is 0 Å². The Labute approximate surface area is 128 Å². The molecule has 0 aliphatic heterocycles. The average Bonchev–Trinajstić information content (AvgIpc) is 2.87. The van der Waals surface area contributed by atoms with Gasteiger partial charge in [-0.1, -0.05) is 41.8 Å². The molecule has 1 amide bonds. The maximum atomic E-state index is 11.9. The molecule has 3 nitrogen and oxygen atoms in total. The normalized spacial score (nSPS) is 22.4. The van der Waals surface area contributed by atoms with E-state index in [0.717, 1.165) is 19.3 Å². The Morgan fingerprint density at radius 2 is 2.20 bits per heavy atom. The van der Waals surface area contributed by atoms with Gasteiger partial charge in [-0.3, -0.25) is 4.79 Å². The largest absolute Gasteiger partial charge is 0.396 e. The van der Waals surface area contributed by atoms with Crippen molar-refractivity contribution >= 4 is 35.2 Å². The van der Waals surface area contributed by atoms with Gasteiger partial charge in [-0.15, -0.1) is 0 Å². The zero-order valence-electron chi connectivity index (χ0n) is 11.0. The highest BCUT2D eigenvalue weighted by atomic mass is 35.5. The van der Waals surface area contributed by atoms with E-state index >= 15 is 0 Å². The van der Waals surface area contributed by atoms with E-state index in [1.165, 1.54) is 6.08 Å². The molecule has 2 unspecified atom stereocenters. The summed E-state index contributed by atoms with van der Waals surface area (Å²) in [7, 11) is 0. The predicted molar refractivity (Wildman–Crippen MR) is 81.9 cm³/mol. The third-order valence-corrected chi connectivity index (χ3v) is 4.45. The second kappa shape index (κ2) is 7.11. The van der Waals surface area contributed by atoms with Crippen molar-refractivity contribution < 1.29 is 9.90 Å². The van der Waals surface area contributed by atoms with Crippen LogP contribution >= 0.6 is 23.2 Å². The molecule has 0 radical (unpaired) electrons. The van der Waals surface area contributed by atoms with E-state index in [0.29, 0.717) is 15.6 Å². The maximum absolute atomic E-state index is 11.9. The Hall–Kier alpha value is -1.03. The predicted octanol–water partition coefficient (Wildman–Crippen LogP) is 3.28. The topological polar surface area (TPSA) is 49.3 Å². The maximum Gasteiger partial charge on any atom is 0.244 e. The molecule has 5 heteroatoms. The van der Waals surface area contributed by atoms with Crippen molar-refractivity contribution in [3.05, 3.63) is 39.9 Å². The highest BCUT2D eigenvalue weighted by Gasteiger charge is 2.27. The number of benzene rings is 1. The molecule has 1 saturated carbocycles. The number of aliphatic hydroxyl groups excluding tert-OH is 1. The summed E-state index contributed by atoms with van der Waals surface area (Å²) in [6.07, 6.45) is 6.02. The van der Waals surface area contributed by atoms with Crippen molar-refractivity contribution in [2.45, 2.75) is 25.3 Å². The van der Waals surface area contributed by atoms with Crippen molar-refractivity contribution in [1.82, 2.24) is 5.32 Å². The molecule has 2 atom stereocenters. The van der Waals surface area contributed by atoms with E-state index in [9.17, 15) is 9.90 Å². The molecule has 1 aliphatic rings. The molecule has 0 saturated heterocycles. The second-order valence-corrected chi connectivity index (χ2v) is 5.75. The lowest BCUT2D eigenvalue weighted by molar-refractivity contribution is -0.117. The number of aliphatic hydroxyl groups is 1. The molecule has 1 aromatic rings. The van der Waals surface area contributed by atoms with Crippen LogP contribution in [0.5, 0.6) is 0 Å². The van der Waals surface area contributed by atoms with Crippen LogP contribution < -0.4 is 5.32 Å². The van der Waals surface area contributed by atoms with E-state index in [1.54, 1.807) is 24.3 Å². The van der Waals surface area contributed by atoms with E-state index in [2.05, 4.69) is 5.32 Å². The summed E-state index contributed by atoms with van der Waals surface area (Å²) in [5, 5.41) is 13.0.